The van der Waals surface area contributed by atoms with Crippen molar-refractivity contribution in [1.29, 1.82) is 5.26 Å². The maximum atomic E-state index is 12.7. The van der Waals surface area contributed by atoms with Crippen LogP contribution in [0.15, 0.2) is 23.0 Å². The Morgan fingerprint density at radius 3 is 2.73 bits per heavy atom. The molecule has 3 rings (SSSR count). The van der Waals surface area contributed by atoms with Crippen LogP contribution in [0.5, 0.6) is 0 Å². The van der Waals surface area contributed by atoms with Crippen molar-refractivity contribution in [3.8, 4) is 6.07 Å². The summed E-state index contributed by atoms with van der Waals surface area (Å²) in [4.78, 5) is 25.0. The molecule has 0 unspecified atom stereocenters. The van der Waals surface area contributed by atoms with E-state index in [2.05, 4.69) is 16.5 Å². The van der Waals surface area contributed by atoms with Crippen molar-refractivity contribution in [3.63, 3.8) is 0 Å². The van der Waals surface area contributed by atoms with Crippen molar-refractivity contribution in [2.24, 2.45) is 0 Å². The summed E-state index contributed by atoms with van der Waals surface area (Å²) in [5.74, 6) is -0.272. The molecule has 0 atom stereocenters. The van der Waals surface area contributed by atoms with Crippen LogP contribution in [-0.4, -0.2) is 32.4 Å². The molecule has 1 aliphatic rings. The first kappa shape index (κ1) is 18.1. The van der Waals surface area contributed by atoms with Crippen LogP contribution in [0.4, 0.5) is 0 Å². The Bertz CT molecular complexity index is 961. The highest BCUT2D eigenvalue weighted by atomic mass is 16.3. The second-order valence-electron chi connectivity index (χ2n) is 7.54. The topological polar surface area (TPSA) is 108 Å². The lowest BCUT2D eigenvalue weighted by Gasteiger charge is -2.41. The molecule has 0 radical (unpaired) electrons. The summed E-state index contributed by atoms with van der Waals surface area (Å²) in [7, 11) is 0. The lowest BCUT2D eigenvalue weighted by molar-refractivity contribution is -0.125. The van der Waals surface area contributed by atoms with E-state index in [0.717, 1.165) is 0 Å². The summed E-state index contributed by atoms with van der Waals surface area (Å²) in [5.41, 5.74) is 0.0630. The van der Waals surface area contributed by atoms with Crippen molar-refractivity contribution in [2.75, 3.05) is 0 Å². The van der Waals surface area contributed by atoms with E-state index in [0.29, 0.717) is 34.9 Å². The van der Waals surface area contributed by atoms with E-state index < -0.39 is 5.60 Å². The number of carbonyl (C=O) groups is 1. The summed E-state index contributed by atoms with van der Waals surface area (Å²) in [6, 6.07) is 6.87. The number of nitrogens with one attached hydrogen (secondary N) is 1. The molecule has 0 bridgehead atoms. The van der Waals surface area contributed by atoms with Crippen molar-refractivity contribution in [1.82, 2.24) is 15.1 Å². The number of rotatable bonds is 4. The lowest BCUT2D eigenvalue weighted by Crippen LogP contribution is -2.54. The van der Waals surface area contributed by atoms with Gasteiger partial charge in [0.25, 0.3) is 5.56 Å². The zero-order chi connectivity index (χ0) is 19.1. The standard InChI is InChI=1S/C19H22N4O3/c1-11(2)17-15-6-12(9-20)4-5-14(15)18(25)23(22-17)10-16(24)21-13-7-19(3,26)8-13/h4-6,11,13,26H,7-8,10H2,1-3H3,(H,21,24)/t13-,19+. The van der Waals surface area contributed by atoms with E-state index in [1.54, 1.807) is 25.1 Å². The highest BCUT2D eigenvalue weighted by Crippen LogP contribution is 2.31. The van der Waals surface area contributed by atoms with Gasteiger partial charge in [-0.2, -0.15) is 10.4 Å². The minimum absolute atomic E-state index is 0.0306. The maximum Gasteiger partial charge on any atom is 0.275 e. The monoisotopic (exact) mass is 354 g/mol. The summed E-state index contributed by atoms with van der Waals surface area (Å²) in [6.07, 6.45) is 1.01. The van der Waals surface area contributed by atoms with Gasteiger partial charge in [0.1, 0.15) is 6.54 Å². The van der Waals surface area contributed by atoms with Crippen LogP contribution in [0.25, 0.3) is 10.8 Å². The Morgan fingerprint density at radius 2 is 2.15 bits per heavy atom. The largest absolute Gasteiger partial charge is 0.390 e. The predicted molar refractivity (Wildman–Crippen MR) is 96.6 cm³/mol. The third-order valence-electron chi connectivity index (χ3n) is 4.70. The number of carbonyl (C=O) groups excluding carboxylic acids is 1. The summed E-state index contributed by atoms with van der Waals surface area (Å²) in [5, 5.41) is 27.1. The van der Waals surface area contributed by atoms with Gasteiger partial charge in [0.05, 0.1) is 28.3 Å². The zero-order valence-corrected chi connectivity index (χ0v) is 15.1. The van der Waals surface area contributed by atoms with Gasteiger partial charge in [-0.15, -0.1) is 0 Å². The molecule has 26 heavy (non-hydrogen) atoms. The van der Waals surface area contributed by atoms with E-state index in [1.807, 2.05) is 13.8 Å². The Kier molecular flexibility index (Phi) is 4.55. The fourth-order valence-electron chi connectivity index (χ4n) is 3.43. The highest BCUT2D eigenvalue weighted by Gasteiger charge is 2.39. The van der Waals surface area contributed by atoms with E-state index in [-0.39, 0.29) is 30.0 Å². The number of hydrogen-bond acceptors (Lipinski definition) is 5. The van der Waals surface area contributed by atoms with Crippen LogP contribution in [0.1, 0.15) is 50.8 Å². The minimum atomic E-state index is -0.723. The molecule has 1 fully saturated rings. The molecular formula is C19H22N4O3. The average molecular weight is 354 g/mol. The Hall–Kier alpha value is -2.72. The van der Waals surface area contributed by atoms with Gasteiger partial charge in [-0.3, -0.25) is 9.59 Å². The van der Waals surface area contributed by atoms with Crippen LogP contribution in [0.3, 0.4) is 0 Å². The molecule has 2 N–H and O–H groups in total. The van der Waals surface area contributed by atoms with Gasteiger partial charge in [-0.05, 0) is 43.9 Å². The normalized spacial score (nSPS) is 22.1. The van der Waals surface area contributed by atoms with Gasteiger partial charge in [0.2, 0.25) is 5.91 Å². The van der Waals surface area contributed by atoms with Gasteiger partial charge in [0, 0.05) is 11.4 Å². The zero-order valence-electron chi connectivity index (χ0n) is 15.1. The number of amides is 1. The molecule has 0 aliphatic heterocycles. The fraction of sp³-hybridized carbons (Fsp3) is 0.474. The van der Waals surface area contributed by atoms with Crippen molar-refractivity contribution < 1.29 is 9.90 Å². The molecule has 0 saturated heterocycles. The van der Waals surface area contributed by atoms with Crippen LogP contribution in [0.2, 0.25) is 0 Å². The van der Waals surface area contributed by atoms with Crippen molar-refractivity contribution >= 4 is 16.7 Å². The first-order valence-electron chi connectivity index (χ1n) is 8.67. The fourth-order valence-corrected chi connectivity index (χ4v) is 3.43. The molecule has 1 aliphatic carbocycles. The Morgan fingerprint density at radius 1 is 1.46 bits per heavy atom. The molecule has 1 saturated carbocycles. The van der Waals surface area contributed by atoms with Gasteiger partial charge in [-0.1, -0.05) is 13.8 Å². The third kappa shape index (κ3) is 3.46. The van der Waals surface area contributed by atoms with Crippen molar-refractivity contribution in [3.05, 3.63) is 39.8 Å². The quantitative estimate of drug-likeness (QED) is 0.863. The van der Waals surface area contributed by atoms with Gasteiger partial charge >= 0.3 is 0 Å². The molecule has 2 aromatic rings. The van der Waals surface area contributed by atoms with Gasteiger partial charge < -0.3 is 10.4 Å². The van der Waals surface area contributed by atoms with Crippen LogP contribution in [-0.2, 0) is 11.3 Å². The first-order chi connectivity index (χ1) is 12.2. The molecule has 7 heteroatoms. The molecule has 0 spiro atoms. The van der Waals surface area contributed by atoms with Gasteiger partial charge in [-0.25, -0.2) is 4.68 Å². The van der Waals surface area contributed by atoms with Crippen LogP contribution >= 0.6 is 0 Å². The number of hydrogen-bond donors (Lipinski definition) is 2. The second-order valence-corrected chi connectivity index (χ2v) is 7.54. The summed E-state index contributed by atoms with van der Waals surface area (Å²) >= 11 is 0. The van der Waals surface area contributed by atoms with E-state index >= 15 is 0 Å². The molecule has 1 aromatic heterocycles. The number of nitrogens with zero attached hydrogens (tertiary/aromatic N) is 3. The molecule has 136 valence electrons. The Balaban J connectivity index is 1.91. The number of aromatic nitrogens is 2. The average Bonchev–Trinajstić information content (AvgIpc) is 2.54. The van der Waals surface area contributed by atoms with E-state index in [1.165, 1.54) is 4.68 Å². The van der Waals surface area contributed by atoms with E-state index in [9.17, 15) is 14.7 Å². The summed E-state index contributed by atoms with van der Waals surface area (Å²) in [6.45, 7) is 5.46. The number of nitriles is 1. The van der Waals surface area contributed by atoms with Gasteiger partial charge in [0.15, 0.2) is 0 Å². The number of fused-ring (bicyclic) bond motifs is 1. The van der Waals surface area contributed by atoms with E-state index in [4.69, 9.17) is 5.26 Å². The molecular weight excluding hydrogens is 332 g/mol. The lowest BCUT2D eigenvalue weighted by atomic mass is 9.77. The SMILES string of the molecule is CC(C)c1nn(CC(=O)N[C@H]2C[C@@](C)(O)C2)c(=O)c2ccc(C#N)cc12. The third-order valence-corrected chi connectivity index (χ3v) is 4.70. The highest BCUT2D eigenvalue weighted by molar-refractivity contribution is 5.85. The number of benzene rings is 1. The molecule has 7 nitrogen and oxygen atoms in total. The Labute approximate surface area is 151 Å². The molecule has 1 amide bonds. The van der Waals surface area contributed by atoms with Crippen molar-refractivity contribution in [2.45, 2.75) is 57.7 Å². The van der Waals surface area contributed by atoms with Crippen LogP contribution < -0.4 is 10.9 Å². The predicted octanol–water partition coefficient (Wildman–Crippen LogP) is 1.42. The number of aliphatic hydroxyl groups is 1. The first-order valence-corrected chi connectivity index (χ1v) is 8.67. The smallest absolute Gasteiger partial charge is 0.275 e. The summed E-state index contributed by atoms with van der Waals surface area (Å²) < 4.78 is 1.18. The molecule has 1 aromatic carbocycles. The molecule has 1 heterocycles. The van der Waals surface area contributed by atoms with Crippen LogP contribution in [0, 0.1) is 11.3 Å². The minimum Gasteiger partial charge on any atom is -0.390 e. The maximum absolute atomic E-state index is 12.7. The second kappa shape index (κ2) is 6.54.